The van der Waals surface area contributed by atoms with Crippen LogP contribution in [0.1, 0.15) is 24.2 Å². The number of nitrogens with zero attached hydrogens (tertiary/aromatic N) is 3. The number of hydrogen-bond acceptors (Lipinski definition) is 4. The normalized spacial score (nSPS) is 20.3. The Morgan fingerprint density at radius 3 is 2.62 bits per heavy atom. The number of carbonyl (C=O) groups is 1. The summed E-state index contributed by atoms with van der Waals surface area (Å²) in [5.74, 6) is 0.0238. The first-order valence-electron chi connectivity index (χ1n) is 8.87. The Bertz CT molecular complexity index is 932. The van der Waals surface area contributed by atoms with Crippen molar-refractivity contribution in [3.8, 4) is 11.3 Å². The van der Waals surface area contributed by atoms with Crippen LogP contribution in [0.25, 0.3) is 22.2 Å². The molecule has 3 aromatic rings. The first-order valence-corrected chi connectivity index (χ1v) is 8.87. The molecule has 2 atom stereocenters. The highest BCUT2D eigenvalue weighted by atomic mass is 16.5. The highest BCUT2D eigenvalue weighted by molar-refractivity contribution is 6.07. The minimum Gasteiger partial charge on any atom is -0.372 e. The van der Waals surface area contributed by atoms with Gasteiger partial charge in [0.25, 0.3) is 5.91 Å². The van der Waals surface area contributed by atoms with Gasteiger partial charge in [-0.3, -0.25) is 9.78 Å². The number of fused-ring (bicyclic) bond motifs is 1. The maximum atomic E-state index is 13.3. The Morgan fingerprint density at radius 1 is 1.12 bits per heavy atom. The molecule has 1 aliphatic heterocycles. The lowest BCUT2D eigenvalue weighted by Gasteiger charge is -2.35. The van der Waals surface area contributed by atoms with Crippen LogP contribution in [-0.2, 0) is 4.74 Å². The van der Waals surface area contributed by atoms with E-state index in [0.29, 0.717) is 18.7 Å². The lowest BCUT2D eigenvalue weighted by atomic mass is 10.0. The van der Waals surface area contributed by atoms with Gasteiger partial charge in [-0.05, 0) is 38.1 Å². The van der Waals surface area contributed by atoms with Crippen molar-refractivity contribution in [1.82, 2.24) is 14.9 Å². The van der Waals surface area contributed by atoms with Crippen molar-refractivity contribution in [2.24, 2.45) is 0 Å². The summed E-state index contributed by atoms with van der Waals surface area (Å²) >= 11 is 0. The molecule has 0 N–H and O–H groups in total. The summed E-state index contributed by atoms with van der Waals surface area (Å²) in [5.41, 5.74) is 3.15. The van der Waals surface area contributed by atoms with Gasteiger partial charge in [0.05, 0.1) is 29.0 Å². The molecule has 1 fully saturated rings. The molecule has 0 radical (unpaired) electrons. The zero-order valence-electron chi connectivity index (χ0n) is 14.9. The Kier molecular flexibility index (Phi) is 4.39. The maximum absolute atomic E-state index is 13.3. The van der Waals surface area contributed by atoms with Crippen molar-refractivity contribution in [2.75, 3.05) is 13.1 Å². The monoisotopic (exact) mass is 347 g/mol. The Hall–Kier alpha value is -2.79. The number of pyridine rings is 2. The van der Waals surface area contributed by atoms with Gasteiger partial charge < -0.3 is 9.64 Å². The molecule has 3 heterocycles. The van der Waals surface area contributed by atoms with Crippen molar-refractivity contribution in [1.29, 1.82) is 0 Å². The number of hydrogen-bond donors (Lipinski definition) is 0. The molecule has 0 bridgehead atoms. The second kappa shape index (κ2) is 6.84. The average Bonchev–Trinajstić information content (AvgIpc) is 2.66. The second-order valence-corrected chi connectivity index (χ2v) is 6.78. The summed E-state index contributed by atoms with van der Waals surface area (Å²) in [7, 11) is 0. The van der Waals surface area contributed by atoms with E-state index in [1.807, 2.05) is 61.2 Å². The fourth-order valence-electron chi connectivity index (χ4n) is 3.53. The predicted molar refractivity (Wildman–Crippen MR) is 101 cm³/mol. The summed E-state index contributed by atoms with van der Waals surface area (Å²) in [6.07, 6.45) is 3.57. The highest BCUT2D eigenvalue weighted by Gasteiger charge is 2.28. The minimum absolute atomic E-state index is 0.0238. The number of ether oxygens (including phenoxy) is 1. The van der Waals surface area contributed by atoms with Gasteiger partial charge in [0, 0.05) is 36.4 Å². The molecule has 1 aliphatic rings. The number of benzene rings is 1. The van der Waals surface area contributed by atoms with Crippen LogP contribution >= 0.6 is 0 Å². The van der Waals surface area contributed by atoms with Crippen LogP contribution in [0, 0.1) is 0 Å². The number of amides is 1. The Balaban J connectivity index is 1.81. The van der Waals surface area contributed by atoms with Gasteiger partial charge in [-0.15, -0.1) is 0 Å². The third kappa shape index (κ3) is 3.18. The molecule has 26 heavy (non-hydrogen) atoms. The molecule has 4 rings (SSSR count). The van der Waals surface area contributed by atoms with E-state index in [4.69, 9.17) is 9.72 Å². The van der Waals surface area contributed by atoms with Gasteiger partial charge in [0.15, 0.2) is 0 Å². The third-order valence-electron chi connectivity index (χ3n) is 4.61. The molecule has 132 valence electrons. The van der Waals surface area contributed by atoms with Crippen LogP contribution in [-0.4, -0.2) is 46.1 Å². The lowest BCUT2D eigenvalue weighted by molar-refractivity contribution is -0.0585. The van der Waals surface area contributed by atoms with Crippen molar-refractivity contribution in [3.63, 3.8) is 0 Å². The number of aromatic nitrogens is 2. The average molecular weight is 347 g/mol. The standard InChI is InChI=1S/C21H21N3O2/c1-14-12-24(13-15(2)26-14)21(25)18-10-20(16-6-5-9-22-11-16)23-19-8-4-3-7-17(18)19/h3-11,14-15H,12-13H2,1-2H3. The smallest absolute Gasteiger partial charge is 0.254 e. The lowest BCUT2D eigenvalue weighted by Crippen LogP contribution is -2.48. The summed E-state index contributed by atoms with van der Waals surface area (Å²) in [4.78, 5) is 24.1. The third-order valence-corrected chi connectivity index (χ3v) is 4.61. The summed E-state index contributed by atoms with van der Waals surface area (Å²) in [6.45, 7) is 5.20. The molecule has 5 nitrogen and oxygen atoms in total. The first-order chi connectivity index (χ1) is 12.6. The molecule has 1 saturated heterocycles. The van der Waals surface area contributed by atoms with Crippen molar-refractivity contribution < 1.29 is 9.53 Å². The van der Waals surface area contributed by atoms with Crippen LogP contribution in [0.5, 0.6) is 0 Å². The number of rotatable bonds is 2. The zero-order valence-corrected chi connectivity index (χ0v) is 14.9. The molecule has 0 saturated carbocycles. The summed E-state index contributed by atoms with van der Waals surface area (Å²) < 4.78 is 5.77. The molecule has 2 aromatic heterocycles. The Labute approximate surface area is 152 Å². The predicted octanol–water partition coefficient (Wildman–Crippen LogP) is 3.55. The van der Waals surface area contributed by atoms with E-state index >= 15 is 0 Å². The minimum atomic E-state index is 0.0238. The number of para-hydroxylation sites is 1. The van der Waals surface area contributed by atoms with E-state index in [-0.39, 0.29) is 18.1 Å². The molecule has 5 heteroatoms. The largest absolute Gasteiger partial charge is 0.372 e. The van der Waals surface area contributed by atoms with E-state index in [1.54, 1.807) is 12.4 Å². The van der Waals surface area contributed by atoms with Gasteiger partial charge >= 0.3 is 0 Å². The van der Waals surface area contributed by atoms with E-state index in [2.05, 4.69) is 4.98 Å². The molecular weight excluding hydrogens is 326 g/mol. The van der Waals surface area contributed by atoms with Gasteiger partial charge in [-0.2, -0.15) is 0 Å². The van der Waals surface area contributed by atoms with E-state index in [0.717, 1.165) is 22.2 Å². The Morgan fingerprint density at radius 2 is 1.88 bits per heavy atom. The van der Waals surface area contributed by atoms with Gasteiger partial charge in [0.1, 0.15) is 0 Å². The quantitative estimate of drug-likeness (QED) is 0.711. The summed E-state index contributed by atoms with van der Waals surface area (Å²) in [5, 5.41) is 0.872. The molecule has 0 aliphatic carbocycles. The van der Waals surface area contributed by atoms with Crippen LogP contribution in [0.15, 0.2) is 54.9 Å². The molecule has 2 unspecified atom stereocenters. The van der Waals surface area contributed by atoms with Crippen LogP contribution in [0.4, 0.5) is 0 Å². The molecule has 1 aromatic carbocycles. The van der Waals surface area contributed by atoms with E-state index in [9.17, 15) is 4.79 Å². The second-order valence-electron chi connectivity index (χ2n) is 6.78. The van der Waals surface area contributed by atoms with Crippen molar-refractivity contribution in [2.45, 2.75) is 26.1 Å². The SMILES string of the molecule is CC1CN(C(=O)c2cc(-c3cccnc3)nc3ccccc23)CC(C)O1. The fraction of sp³-hybridized carbons (Fsp3) is 0.286. The molecule has 0 spiro atoms. The molecular formula is C21H21N3O2. The van der Waals surface area contributed by atoms with Crippen LogP contribution < -0.4 is 0 Å². The molecule has 1 amide bonds. The van der Waals surface area contributed by atoms with Gasteiger partial charge in [0.2, 0.25) is 0 Å². The first kappa shape index (κ1) is 16.7. The maximum Gasteiger partial charge on any atom is 0.254 e. The van der Waals surface area contributed by atoms with Crippen molar-refractivity contribution in [3.05, 3.63) is 60.4 Å². The van der Waals surface area contributed by atoms with E-state index < -0.39 is 0 Å². The van der Waals surface area contributed by atoms with E-state index in [1.165, 1.54) is 0 Å². The zero-order chi connectivity index (χ0) is 18.1. The highest BCUT2D eigenvalue weighted by Crippen LogP contribution is 2.26. The fourth-order valence-corrected chi connectivity index (χ4v) is 3.53. The summed E-state index contributed by atoms with van der Waals surface area (Å²) in [6, 6.07) is 13.5. The topological polar surface area (TPSA) is 55.3 Å². The van der Waals surface area contributed by atoms with Crippen molar-refractivity contribution >= 4 is 16.8 Å². The van der Waals surface area contributed by atoms with Crippen LogP contribution in [0.3, 0.4) is 0 Å². The number of morpholine rings is 1. The van der Waals surface area contributed by atoms with Crippen LogP contribution in [0.2, 0.25) is 0 Å². The number of carbonyl (C=O) groups excluding carboxylic acids is 1. The van der Waals surface area contributed by atoms with Gasteiger partial charge in [-0.1, -0.05) is 18.2 Å². The van der Waals surface area contributed by atoms with Gasteiger partial charge in [-0.25, -0.2) is 4.98 Å².